The Morgan fingerprint density at radius 3 is 2.22 bits per heavy atom. The summed E-state index contributed by atoms with van der Waals surface area (Å²) in [6.45, 7) is 5.10. The number of likely N-dealkylation sites (N-methyl/N-ethyl adjacent to an activating group) is 1. The summed E-state index contributed by atoms with van der Waals surface area (Å²) >= 11 is 0. The van der Waals surface area contributed by atoms with Gasteiger partial charge in [0.05, 0.1) is 0 Å². The van der Waals surface area contributed by atoms with Crippen LogP contribution in [0.2, 0.25) is 0 Å². The van der Waals surface area contributed by atoms with Crippen molar-refractivity contribution in [1.82, 2.24) is 10.2 Å². The van der Waals surface area contributed by atoms with Crippen molar-refractivity contribution in [3.8, 4) is 0 Å². The highest BCUT2D eigenvalue weighted by Gasteiger charge is 2.52. The lowest BCUT2D eigenvalue weighted by Gasteiger charge is -2.44. The molecule has 2 fully saturated rings. The van der Waals surface area contributed by atoms with Gasteiger partial charge in [0.1, 0.15) is 5.54 Å². The van der Waals surface area contributed by atoms with E-state index in [9.17, 15) is 9.90 Å². The predicted molar refractivity (Wildman–Crippen MR) is 71.6 cm³/mol. The quantitative estimate of drug-likeness (QED) is 0.784. The molecular weight excluding hydrogens is 228 g/mol. The van der Waals surface area contributed by atoms with E-state index >= 15 is 0 Å². The first-order valence-corrected chi connectivity index (χ1v) is 7.19. The number of nitrogens with zero attached hydrogens (tertiary/aromatic N) is 1. The van der Waals surface area contributed by atoms with Gasteiger partial charge in [0.15, 0.2) is 0 Å². The Balaban J connectivity index is 2.14. The highest BCUT2D eigenvalue weighted by Crippen LogP contribution is 2.41. The van der Waals surface area contributed by atoms with Crippen LogP contribution in [0, 0.1) is 5.92 Å². The van der Waals surface area contributed by atoms with Crippen LogP contribution >= 0.6 is 0 Å². The lowest BCUT2D eigenvalue weighted by molar-refractivity contribution is -0.147. The molecule has 2 aliphatic rings. The lowest BCUT2D eigenvalue weighted by atomic mass is 9.88. The third kappa shape index (κ3) is 2.41. The van der Waals surface area contributed by atoms with E-state index in [-0.39, 0.29) is 0 Å². The number of carbonyl (C=O) groups is 1. The highest BCUT2D eigenvalue weighted by molar-refractivity contribution is 5.80. The Kier molecular flexibility index (Phi) is 3.97. The van der Waals surface area contributed by atoms with Gasteiger partial charge in [-0.15, -0.1) is 0 Å². The van der Waals surface area contributed by atoms with Crippen molar-refractivity contribution in [3.63, 3.8) is 0 Å². The number of piperidine rings is 1. The second kappa shape index (κ2) is 5.17. The lowest BCUT2D eigenvalue weighted by Crippen LogP contribution is -2.62. The first-order valence-electron chi connectivity index (χ1n) is 7.19. The van der Waals surface area contributed by atoms with E-state index < -0.39 is 11.5 Å². The van der Waals surface area contributed by atoms with Crippen LogP contribution in [-0.4, -0.2) is 47.2 Å². The fourth-order valence-corrected chi connectivity index (χ4v) is 3.41. The number of aliphatic carboxylic acids is 1. The number of rotatable bonds is 5. The summed E-state index contributed by atoms with van der Waals surface area (Å²) in [5.74, 6) is -0.376. The molecule has 0 aromatic rings. The van der Waals surface area contributed by atoms with Gasteiger partial charge in [0.2, 0.25) is 0 Å². The number of nitrogens with one attached hydrogen (secondary N) is 1. The molecule has 0 radical (unpaired) electrons. The van der Waals surface area contributed by atoms with Gasteiger partial charge in [-0.25, -0.2) is 0 Å². The molecule has 2 rings (SSSR count). The van der Waals surface area contributed by atoms with Crippen molar-refractivity contribution >= 4 is 5.97 Å². The Morgan fingerprint density at radius 2 is 1.83 bits per heavy atom. The van der Waals surface area contributed by atoms with Crippen molar-refractivity contribution in [2.24, 2.45) is 5.92 Å². The van der Waals surface area contributed by atoms with Gasteiger partial charge < -0.3 is 10.4 Å². The van der Waals surface area contributed by atoms with E-state index in [2.05, 4.69) is 24.1 Å². The van der Waals surface area contributed by atoms with Crippen LogP contribution < -0.4 is 5.32 Å². The monoisotopic (exact) mass is 254 g/mol. The average Bonchev–Trinajstić information content (AvgIpc) is 3.13. The van der Waals surface area contributed by atoms with Crippen molar-refractivity contribution in [2.75, 3.05) is 13.6 Å². The van der Waals surface area contributed by atoms with Crippen LogP contribution in [0.1, 0.15) is 46.0 Å². The van der Waals surface area contributed by atoms with Crippen LogP contribution in [0.3, 0.4) is 0 Å². The Labute approximate surface area is 110 Å². The normalized spacial score (nSPS) is 33.1. The van der Waals surface area contributed by atoms with Gasteiger partial charge in [-0.1, -0.05) is 6.42 Å². The fourth-order valence-electron chi connectivity index (χ4n) is 3.41. The zero-order valence-electron chi connectivity index (χ0n) is 11.8. The third-order valence-corrected chi connectivity index (χ3v) is 4.91. The number of likely N-dealkylation sites (tertiary alicyclic amines) is 1. The Morgan fingerprint density at radius 1 is 1.28 bits per heavy atom. The van der Waals surface area contributed by atoms with Crippen molar-refractivity contribution in [3.05, 3.63) is 0 Å². The molecule has 0 aromatic heterocycles. The molecular formula is C14H26N2O2. The summed E-state index contributed by atoms with van der Waals surface area (Å²) in [7, 11) is 1.80. The fraction of sp³-hybridized carbons (Fsp3) is 0.929. The first kappa shape index (κ1) is 13.8. The van der Waals surface area contributed by atoms with Crippen LogP contribution in [0.25, 0.3) is 0 Å². The minimum absolute atomic E-state index is 0.307. The molecule has 1 saturated heterocycles. The standard InChI is InChI=1S/C14H26N2O2/c1-10-5-4-6-11(2)16(10)9-14(15-3,13(17)18)12-7-8-12/h10-12,15H,4-9H2,1-3H3,(H,17,18)/t10-,11+,14?. The van der Waals surface area contributed by atoms with Crippen LogP contribution in [0.4, 0.5) is 0 Å². The van der Waals surface area contributed by atoms with Gasteiger partial charge in [-0.05, 0) is 52.5 Å². The molecule has 1 heterocycles. The van der Waals surface area contributed by atoms with E-state index in [1.54, 1.807) is 7.05 Å². The maximum absolute atomic E-state index is 11.7. The van der Waals surface area contributed by atoms with Crippen molar-refractivity contribution < 1.29 is 9.90 Å². The summed E-state index contributed by atoms with van der Waals surface area (Å²) in [6, 6.07) is 0.999. The van der Waals surface area contributed by atoms with Gasteiger partial charge in [-0.2, -0.15) is 0 Å². The molecule has 18 heavy (non-hydrogen) atoms. The third-order valence-electron chi connectivity index (χ3n) is 4.91. The molecule has 3 atom stereocenters. The zero-order valence-corrected chi connectivity index (χ0v) is 11.8. The highest BCUT2D eigenvalue weighted by atomic mass is 16.4. The maximum Gasteiger partial charge on any atom is 0.325 e. The molecule has 0 aromatic carbocycles. The summed E-state index contributed by atoms with van der Waals surface area (Å²) in [4.78, 5) is 14.1. The molecule has 1 aliphatic heterocycles. The topological polar surface area (TPSA) is 52.6 Å². The van der Waals surface area contributed by atoms with Gasteiger partial charge >= 0.3 is 5.97 Å². The number of carboxylic acids is 1. The summed E-state index contributed by atoms with van der Waals surface area (Å²) < 4.78 is 0. The minimum atomic E-state index is -0.736. The maximum atomic E-state index is 11.7. The Hall–Kier alpha value is -0.610. The molecule has 1 saturated carbocycles. The molecule has 4 nitrogen and oxygen atoms in total. The second-order valence-electron chi connectivity index (χ2n) is 6.10. The van der Waals surface area contributed by atoms with Crippen LogP contribution in [-0.2, 0) is 4.79 Å². The second-order valence-corrected chi connectivity index (χ2v) is 6.10. The van der Waals surface area contributed by atoms with E-state index in [4.69, 9.17) is 0 Å². The van der Waals surface area contributed by atoms with Gasteiger partial charge in [0, 0.05) is 18.6 Å². The molecule has 104 valence electrons. The molecule has 4 heteroatoms. The van der Waals surface area contributed by atoms with Crippen molar-refractivity contribution in [2.45, 2.75) is 63.6 Å². The van der Waals surface area contributed by atoms with E-state index in [0.717, 1.165) is 12.8 Å². The average molecular weight is 254 g/mol. The predicted octanol–water partition coefficient (Wildman–Crippen LogP) is 1.70. The molecule has 0 bridgehead atoms. The van der Waals surface area contributed by atoms with E-state index in [1.165, 1.54) is 19.3 Å². The molecule has 0 spiro atoms. The summed E-state index contributed by atoms with van der Waals surface area (Å²) in [5.41, 5.74) is -0.736. The minimum Gasteiger partial charge on any atom is -0.480 e. The van der Waals surface area contributed by atoms with Crippen LogP contribution in [0.5, 0.6) is 0 Å². The van der Waals surface area contributed by atoms with Gasteiger partial charge in [-0.3, -0.25) is 9.69 Å². The smallest absolute Gasteiger partial charge is 0.325 e. The number of hydrogen-bond donors (Lipinski definition) is 2. The molecule has 1 unspecified atom stereocenters. The number of carboxylic acid groups (broad SMARTS) is 1. The Bertz CT molecular complexity index is 307. The van der Waals surface area contributed by atoms with E-state index in [0.29, 0.717) is 24.5 Å². The molecule has 2 N–H and O–H groups in total. The van der Waals surface area contributed by atoms with E-state index in [1.807, 2.05) is 0 Å². The largest absolute Gasteiger partial charge is 0.480 e. The zero-order chi connectivity index (χ0) is 13.3. The SMILES string of the molecule is CNC(CN1[C@H](C)CCC[C@@H]1C)(C(=O)O)C1CC1. The summed E-state index contributed by atoms with van der Waals surface area (Å²) in [5, 5.41) is 12.8. The first-order chi connectivity index (χ1) is 8.51. The molecule has 1 aliphatic carbocycles. The van der Waals surface area contributed by atoms with Crippen molar-refractivity contribution in [1.29, 1.82) is 0 Å². The van der Waals surface area contributed by atoms with Crippen LogP contribution in [0.15, 0.2) is 0 Å². The van der Waals surface area contributed by atoms with Gasteiger partial charge in [0.25, 0.3) is 0 Å². The summed E-state index contributed by atoms with van der Waals surface area (Å²) in [6.07, 6.45) is 5.73. The number of hydrogen-bond acceptors (Lipinski definition) is 3. The molecule has 0 amide bonds.